The van der Waals surface area contributed by atoms with E-state index < -0.39 is 0 Å². The van der Waals surface area contributed by atoms with Crippen LogP contribution < -0.4 is 10.5 Å². The first-order valence-electron chi connectivity index (χ1n) is 1.77. The quantitative estimate of drug-likeness (QED) is 0.458. The van der Waals surface area contributed by atoms with Crippen molar-refractivity contribution in [3.05, 3.63) is 6.07 Å². The van der Waals surface area contributed by atoms with Crippen molar-refractivity contribution in [2.24, 2.45) is 0 Å². The van der Waals surface area contributed by atoms with Crippen molar-refractivity contribution >= 4 is 30.0 Å². The maximum Gasteiger partial charge on any atom is 0.136 e. The number of hydrogen-bond acceptors (Lipinski definition) is 3. The summed E-state index contributed by atoms with van der Waals surface area (Å²) in [4.78, 5) is 0. The van der Waals surface area contributed by atoms with E-state index in [0.29, 0.717) is 10.6 Å². The van der Waals surface area contributed by atoms with Crippen LogP contribution in [0.5, 0.6) is 0 Å². The van der Waals surface area contributed by atoms with E-state index in [1.807, 2.05) is 0 Å². The minimum absolute atomic E-state index is 0.502. The van der Waals surface area contributed by atoms with Gasteiger partial charge in [0.15, 0.2) is 0 Å². The molecule has 0 saturated carbocycles. The van der Waals surface area contributed by atoms with Gasteiger partial charge in [0.2, 0.25) is 0 Å². The zero-order chi connectivity index (χ0) is 5.28. The third kappa shape index (κ3) is 0.930. The molecule has 1 heterocycles. The van der Waals surface area contributed by atoms with E-state index in [2.05, 4.69) is 4.37 Å². The summed E-state index contributed by atoms with van der Waals surface area (Å²) in [6.07, 6.45) is 0. The van der Waals surface area contributed by atoms with Crippen LogP contribution in [0.25, 0.3) is 0 Å². The minimum Gasteiger partial charge on any atom is -0.383 e. The monoisotopic (exact) mass is 110 g/mol. The number of nitrogens with two attached hydrogens (primary N) is 1. The van der Waals surface area contributed by atoms with Gasteiger partial charge in [-0.05, 0) is 10.8 Å². The number of anilines is 1. The highest BCUT2D eigenvalue weighted by atomic mass is 32.1. The van der Waals surface area contributed by atoms with E-state index in [9.17, 15) is 0 Å². The Morgan fingerprint density at radius 1 is 1.86 bits per heavy atom. The van der Waals surface area contributed by atoms with Gasteiger partial charge in [-0.2, -0.15) is 4.37 Å². The summed E-state index contributed by atoms with van der Waals surface area (Å²) < 4.78 is 4.38. The van der Waals surface area contributed by atoms with Crippen LogP contribution in [0.4, 0.5) is 5.82 Å². The fraction of sp³-hybridized carbons (Fsp3) is 0. The van der Waals surface area contributed by atoms with E-state index in [-0.39, 0.29) is 0 Å². The second kappa shape index (κ2) is 1.54. The van der Waals surface area contributed by atoms with Crippen molar-refractivity contribution in [1.29, 1.82) is 0 Å². The molecule has 0 aliphatic rings. The summed E-state index contributed by atoms with van der Waals surface area (Å²) in [6.45, 7) is 0. The van der Waals surface area contributed by atoms with Gasteiger partial charge in [0, 0.05) is 0 Å². The predicted octanol–water partition coefficient (Wildman–Crippen LogP) is -0.481. The molecule has 2 radical (unpaired) electrons. The summed E-state index contributed by atoms with van der Waals surface area (Å²) in [6, 6.07) is 1.63. The normalized spacial score (nSPS) is 9.14. The molecule has 0 aliphatic heterocycles. The Kier molecular flexibility index (Phi) is 1.02. The molecule has 0 fully saturated rings. The minimum atomic E-state index is 0.502. The molecule has 1 aromatic heterocycles. The Bertz CT molecular complexity index is 145. The van der Waals surface area contributed by atoms with Crippen molar-refractivity contribution < 1.29 is 0 Å². The molecule has 2 N–H and O–H groups in total. The second-order valence-electron chi connectivity index (χ2n) is 1.15. The standard InChI is InChI=1S/C3H3BN2S/c4-2-1-3(5)6-7-2/h1H,(H2,5,6). The molecule has 0 unspecified atom stereocenters. The van der Waals surface area contributed by atoms with Crippen LogP contribution in [-0.4, -0.2) is 12.2 Å². The summed E-state index contributed by atoms with van der Waals surface area (Å²) in [5.41, 5.74) is 5.20. The van der Waals surface area contributed by atoms with Crippen LogP contribution in [0.1, 0.15) is 0 Å². The van der Waals surface area contributed by atoms with Crippen LogP contribution in [0.15, 0.2) is 6.07 Å². The lowest BCUT2D eigenvalue weighted by molar-refractivity contribution is 1.57. The molecular formula is C3H3BN2S. The topological polar surface area (TPSA) is 38.9 Å². The van der Waals surface area contributed by atoms with Crippen LogP contribution in [0, 0.1) is 0 Å². The van der Waals surface area contributed by atoms with E-state index in [1.165, 1.54) is 11.5 Å². The van der Waals surface area contributed by atoms with Gasteiger partial charge in [-0.15, -0.1) is 0 Å². The first kappa shape index (κ1) is 4.65. The number of aromatic nitrogens is 1. The number of nitrogen functional groups attached to an aromatic ring is 1. The molecule has 2 nitrogen and oxygen atoms in total. The lowest BCUT2D eigenvalue weighted by Gasteiger charge is -1.69. The van der Waals surface area contributed by atoms with Crippen molar-refractivity contribution in [2.75, 3.05) is 5.73 Å². The Morgan fingerprint density at radius 3 is 2.71 bits per heavy atom. The van der Waals surface area contributed by atoms with Gasteiger partial charge >= 0.3 is 0 Å². The van der Waals surface area contributed by atoms with Crippen LogP contribution in [-0.2, 0) is 0 Å². The molecule has 0 bridgehead atoms. The van der Waals surface area contributed by atoms with Crippen LogP contribution >= 0.6 is 11.5 Å². The highest BCUT2D eigenvalue weighted by Crippen LogP contribution is 1.93. The van der Waals surface area contributed by atoms with E-state index >= 15 is 0 Å². The van der Waals surface area contributed by atoms with Crippen molar-refractivity contribution in [3.8, 4) is 0 Å². The maximum absolute atomic E-state index is 5.25. The zero-order valence-electron chi connectivity index (χ0n) is 3.59. The van der Waals surface area contributed by atoms with Gasteiger partial charge in [0.25, 0.3) is 0 Å². The summed E-state index contributed by atoms with van der Waals surface area (Å²) in [7, 11) is 5.25. The predicted molar refractivity (Wildman–Crippen MR) is 31.9 cm³/mol. The summed E-state index contributed by atoms with van der Waals surface area (Å²) in [5, 5.41) is 0. The highest BCUT2D eigenvalue weighted by Gasteiger charge is 1.86. The van der Waals surface area contributed by atoms with Crippen LogP contribution in [0.3, 0.4) is 0 Å². The van der Waals surface area contributed by atoms with Crippen LogP contribution in [0.2, 0.25) is 0 Å². The lowest BCUT2D eigenvalue weighted by Crippen LogP contribution is -1.90. The van der Waals surface area contributed by atoms with Crippen molar-refractivity contribution in [3.63, 3.8) is 0 Å². The molecule has 0 atom stereocenters. The largest absolute Gasteiger partial charge is 0.383 e. The van der Waals surface area contributed by atoms with Gasteiger partial charge in [-0.1, -0.05) is 11.5 Å². The van der Waals surface area contributed by atoms with Crippen molar-refractivity contribution in [1.82, 2.24) is 4.37 Å². The summed E-state index contributed by atoms with van der Waals surface area (Å²) >= 11 is 1.21. The molecule has 0 aromatic carbocycles. The Labute approximate surface area is 46.9 Å². The smallest absolute Gasteiger partial charge is 0.136 e. The van der Waals surface area contributed by atoms with Gasteiger partial charge in [-0.3, -0.25) is 0 Å². The fourth-order valence-electron chi connectivity index (χ4n) is 0.304. The Hall–Kier alpha value is -0.505. The molecule has 0 saturated heterocycles. The number of rotatable bonds is 0. The van der Waals surface area contributed by atoms with Crippen molar-refractivity contribution in [2.45, 2.75) is 0 Å². The first-order chi connectivity index (χ1) is 3.29. The maximum atomic E-state index is 5.25. The fourth-order valence-corrected chi connectivity index (χ4v) is 0.741. The highest BCUT2D eigenvalue weighted by molar-refractivity contribution is 7.14. The number of hydrogen-bond donors (Lipinski definition) is 1. The molecule has 34 valence electrons. The Balaban J connectivity index is 3.04. The average Bonchev–Trinajstić information content (AvgIpc) is 1.87. The molecular weight excluding hydrogens is 107 g/mol. The zero-order valence-corrected chi connectivity index (χ0v) is 4.40. The average molecular weight is 110 g/mol. The molecule has 4 heteroatoms. The van der Waals surface area contributed by atoms with E-state index in [1.54, 1.807) is 6.07 Å². The molecule has 0 spiro atoms. The molecule has 1 rings (SSSR count). The Morgan fingerprint density at radius 2 is 2.57 bits per heavy atom. The number of nitrogens with zero attached hydrogens (tertiary/aromatic N) is 1. The molecule has 7 heavy (non-hydrogen) atoms. The van der Waals surface area contributed by atoms with Gasteiger partial charge < -0.3 is 5.73 Å². The SMILES string of the molecule is [B]c1cc(N)ns1. The second-order valence-corrected chi connectivity index (χ2v) is 1.99. The molecule has 0 aliphatic carbocycles. The third-order valence-electron chi connectivity index (χ3n) is 0.547. The van der Waals surface area contributed by atoms with E-state index in [4.69, 9.17) is 13.6 Å². The van der Waals surface area contributed by atoms with Gasteiger partial charge in [0.1, 0.15) is 13.7 Å². The van der Waals surface area contributed by atoms with E-state index in [0.717, 1.165) is 0 Å². The van der Waals surface area contributed by atoms with Gasteiger partial charge in [-0.25, -0.2) is 0 Å². The van der Waals surface area contributed by atoms with Gasteiger partial charge in [0.05, 0.1) is 0 Å². The summed E-state index contributed by atoms with van der Waals surface area (Å²) in [5.74, 6) is 0.502. The first-order valence-corrected chi connectivity index (χ1v) is 2.54. The molecule has 0 amide bonds. The third-order valence-corrected chi connectivity index (χ3v) is 1.18. The lowest BCUT2D eigenvalue weighted by atomic mass is 10.1. The molecule has 1 aromatic rings.